The predicted octanol–water partition coefficient (Wildman–Crippen LogP) is 3.68. The van der Waals surface area contributed by atoms with E-state index in [-0.39, 0.29) is 11.8 Å². The summed E-state index contributed by atoms with van der Waals surface area (Å²) in [6, 6.07) is 1.56. The summed E-state index contributed by atoms with van der Waals surface area (Å²) < 4.78 is 0.879. The van der Waals surface area contributed by atoms with E-state index in [4.69, 9.17) is 28.3 Å². The van der Waals surface area contributed by atoms with Gasteiger partial charge in [0.05, 0.1) is 15.8 Å². The van der Waals surface area contributed by atoms with Gasteiger partial charge in [-0.1, -0.05) is 23.2 Å². The molecule has 0 aliphatic heterocycles. The number of hydrogen-bond donors (Lipinski definition) is 2. The van der Waals surface area contributed by atoms with Crippen LogP contribution in [0.2, 0.25) is 8.67 Å². The molecule has 4 nitrogen and oxygen atoms in total. The first-order valence-corrected chi connectivity index (χ1v) is 8.00. The lowest BCUT2D eigenvalue weighted by molar-refractivity contribution is -0.143. The van der Waals surface area contributed by atoms with Crippen molar-refractivity contribution < 1.29 is 14.7 Å². The number of carboxylic acids is 1. The second-order valence-corrected chi connectivity index (χ2v) is 7.29. The third-order valence-corrected chi connectivity index (χ3v) is 5.14. The first kappa shape index (κ1) is 15.6. The first-order valence-electron chi connectivity index (χ1n) is 6.43. The lowest BCUT2D eigenvalue weighted by Crippen LogP contribution is -2.32. The maximum absolute atomic E-state index is 12.0. The smallest absolute Gasteiger partial charge is 0.306 e. The number of carboxylic acid groups (broad SMARTS) is 1. The van der Waals surface area contributed by atoms with Crippen LogP contribution in [-0.2, 0) is 4.79 Å². The molecule has 0 bridgehead atoms. The number of halogens is 2. The highest BCUT2D eigenvalue weighted by molar-refractivity contribution is 7.20. The van der Waals surface area contributed by atoms with Crippen molar-refractivity contribution in [2.75, 3.05) is 6.54 Å². The molecular formula is C13H15Cl2NO3S. The van der Waals surface area contributed by atoms with Gasteiger partial charge >= 0.3 is 5.97 Å². The van der Waals surface area contributed by atoms with Crippen LogP contribution in [0.3, 0.4) is 0 Å². The molecule has 7 heteroatoms. The van der Waals surface area contributed by atoms with E-state index in [0.717, 1.165) is 12.8 Å². The van der Waals surface area contributed by atoms with Crippen LogP contribution in [0.1, 0.15) is 36.0 Å². The Morgan fingerprint density at radius 1 is 1.30 bits per heavy atom. The van der Waals surface area contributed by atoms with E-state index >= 15 is 0 Å². The minimum Gasteiger partial charge on any atom is -0.481 e. The van der Waals surface area contributed by atoms with E-state index in [1.807, 2.05) is 0 Å². The maximum Gasteiger partial charge on any atom is 0.306 e. The van der Waals surface area contributed by atoms with Crippen LogP contribution in [-0.4, -0.2) is 23.5 Å². The fraction of sp³-hybridized carbons (Fsp3) is 0.538. The molecule has 110 valence electrons. The number of hydrogen-bond acceptors (Lipinski definition) is 3. The normalized spacial score (nSPS) is 22.5. The van der Waals surface area contributed by atoms with Crippen LogP contribution >= 0.6 is 34.5 Å². The summed E-state index contributed by atoms with van der Waals surface area (Å²) in [6.45, 7) is 0.551. The largest absolute Gasteiger partial charge is 0.481 e. The van der Waals surface area contributed by atoms with Gasteiger partial charge in [-0.25, -0.2) is 0 Å². The highest BCUT2D eigenvalue weighted by Gasteiger charge is 2.26. The standard InChI is InChI=1S/C13H15Cl2NO3S/c14-10-5-9(11(15)20-10)12(17)16-6-7-1-3-8(4-2-7)13(18)19/h5,7-8H,1-4,6H2,(H,16,17)(H,18,19). The fourth-order valence-corrected chi connectivity index (χ4v) is 3.90. The van der Waals surface area contributed by atoms with Crippen LogP contribution in [0.25, 0.3) is 0 Å². The average molecular weight is 336 g/mol. The summed E-state index contributed by atoms with van der Waals surface area (Å²) in [5.74, 6) is -0.833. The van der Waals surface area contributed by atoms with E-state index in [9.17, 15) is 9.59 Å². The van der Waals surface area contributed by atoms with Gasteiger partial charge in [0.1, 0.15) is 4.34 Å². The Bertz CT molecular complexity index is 510. The zero-order valence-corrected chi connectivity index (χ0v) is 13.0. The number of rotatable bonds is 4. The molecule has 2 N–H and O–H groups in total. The second-order valence-electron chi connectivity index (χ2n) is 5.00. The van der Waals surface area contributed by atoms with Gasteiger partial charge in [-0.15, -0.1) is 11.3 Å². The van der Waals surface area contributed by atoms with Crippen molar-refractivity contribution in [2.45, 2.75) is 25.7 Å². The minimum absolute atomic E-state index is 0.224. The van der Waals surface area contributed by atoms with E-state index in [1.54, 1.807) is 6.07 Å². The number of aliphatic carboxylic acids is 1. The average Bonchev–Trinajstić information content (AvgIpc) is 2.75. The Labute approximate surface area is 131 Å². The van der Waals surface area contributed by atoms with E-state index in [0.29, 0.717) is 39.5 Å². The van der Waals surface area contributed by atoms with Crippen molar-refractivity contribution in [2.24, 2.45) is 11.8 Å². The molecule has 0 unspecified atom stereocenters. The van der Waals surface area contributed by atoms with E-state index in [2.05, 4.69) is 5.32 Å². The van der Waals surface area contributed by atoms with Gasteiger partial charge in [-0.3, -0.25) is 9.59 Å². The molecule has 0 radical (unpaired) electrons. The first-order chi connectivity index (χ1) is 9.47. The zero-order valence-electron chi connectivity index (χ0n) is 10.7. The summed E-state index contributed by atoms with van der Waals surface area (Å²) in [7, 11) is 0. The van der Waals surface area contributed by atoms with E-state index in [1.165, 1.54) is 11.3 Å². The Balaban J connectivity index is 1.80. The van der Waals surface area contributed by atoms with Crippen molar-refractivity contribution in [1.29, 1.82) is 0 Å². The molecule has 0 spiro atoms. The topological polar surface area (TPSA) is 66.4 Å². The van der Waals surface area contributed by atoms with Crippen LogP contribution < -0.4 is 5.32 Å². The van der Waals surface area contributed by atoms with E-state index < -0.39 is 5.97 Å². The molecule has 1 amide bonds. The van der Waals surface area contributed by atoms with Crippen LogP contribution in [0.5, 0.6) is 0 Å². The highest BCUT2D eigenvalue weighted by Crippen LogP contribution is 2.31. The van der Waals surface area contributed by atoms with Gasteiger partial charge in [-0.05, 0) is 37.7 Å². The van der Waals surface area contributed by atoms with Crippen molar-refractivity contribution >= 4 is 46.4 Å². The number of carbonyl (C=O) groups excluding carboxylic acids is 1. The third kappa shape index (κ3) is 3.87. The molecule has 2 rings (SSSR count). The number of carbonyl (C=O) groups is 2. The van der Waals surface area contributed by atoms with Gasteiger partial charge in [0.25, 0.3) is 5.91 Å². The molecule has 1 heterocycles. The minimum atomic E-state index is -0.716. The van der Waals surface area contributed by atoms with Crippen LogP contribution in [0.15, 0.2) is 6.07 Å². The fourth-order valence-electron chi connectivity index (χ4n) is 2.44. The van der Waals surface area contributed by atoms with Gasteiger partial charge in [-0.2, -0.15) is 0 Å². The lowest BCUT2D eigenvalue weighted by Gasteiger charge is -2.26. The molecule has 1 aliphatic carbocycles. The van der Waals surface area contributed by atoms with Gasteiger partial charge < -0.3 is 10.4 Å². The van der Waals surface area contributed by atoms with Crippen molar-refractivity contribution in [3.05, 3.63) is 20.3 Å². The van der Waals surface area contributed by atoms with Crippen molar-refractivity contribution in [1.82, 2.24) is 5.32 Å². The molecule has 0 aromatic carbocycles. The van der Waals surface area contributed by atoms with Gasteiger partial charge in [0, 0.05) is 6.54 Å². The molecule has 1 fully saturated rings. The Morgan fingerprint density at radius 2 is 1.95 bits per heavy atom. The molecule has 1 aromatic heterocycles. The second kappa shape index (κ2) is 6.78. The molecular weight excluding hydrogens is 321 g/mol. The summed E-state index contributed by atoms with van der Waals surface area (Å²) in [5.41, 5.74) is 0.404. The summed E-state index contributed by atoms with van der Waals surface area (Å²) in [6.07, 6.45) is 3.02. The Kier molecular flexibility index (Phi) is 5.29. The number of thiophene rings is 1. The van der Waals surface area contributed by atoms with Crippen molar-refractivity contribution in [3.63, 3.8) is 0 Å². The highest BCUT2D eigenvalue weighted by atomic mass is 35.5. The molecule has 20 heavy (non-hydrogen) atoms. The molecule has 0 atom stereocenters. The quantitative estimate of drug-likeness (QED) is 0.881. The number of nitrogens with one attached hydrogen (secondary N) is 1. The summed E-state index contributed by atoms with van der Waals surface area (Å²) in [4.78, 5) is 22.8. The lowest BCUT2D eigenvalue weighted by atomic mass is 9.82. The molecule has 0 saturated heterocycles. The predicted molar refractivity (Wildman–Crippen MR) is 79.8 cm³/mol. The summed E-state index contributed by atoms with van der Waals surface area (Å²) >= 11 is 12.9. The summed E-state index contributed by atoms with van der Waals surface area (Å²) in [5, 5.41) is 11.8. The van der Waals surface area contributed by atoms with Crippen molar-refractivity contribution in [3.8, 4) is 0 Å². The van der Waals surface area contributed by atoms with Crippen LogP contribution in [0, 0.1) is 11.8 Å². The van der Waals surface area contributed by atoms with Gasteiger partial charge in [0.2, 0.25) is 0 Å². The SMILES string of the molecule is O=C(NCC1CCC(C(=O)O)CC1)c1cc(Cl)sc1Cl. The number of amides is 1. The third-order valence-electron chi connectivity index (χ3n) is 3.65. The molecule has 1 aromatic rings. The Hall–Kier alpha value is -0.780. The van der Waals surface area contributed by atoms with Gasteiger partial charge in [0.15, 0.2) is 0 Å². The molecule has 1 saturated carbocycles. The zero-order chi connectivity index (χ0) is 14.7. The Morgan fingerprint density at radius 3 is 2.45 bits per heavy atom. The maximum atomic E-state index is 12.0. The molecule has 1 aliphatic rings. The van der Waals surface area contributed by atoms with Crippen LogP contribution in [0.4, 0.5) is 0 Å². The monoisotopic (exact) mass is 335 g/mol.